The van der Waals surface area contributed by atoms with Gasteiger partial charge in [-0.2, -0.15) is 0 Å². The number of nitrogens with zero attached hydrogens (tertiary/aromatic N) is 3. The number of rotatable bonds is 4. The smallest absolute Gasteiger partial charge is 0.135 e. The molecule has 0 radical (unpaired) electrons. The highest BCUT2D eigenvalue weighted by Crippen LogP contribution is 2.21. The van der Waals surface area contributed by atoms with E-state index in [0.29, 0.717) is 0 Å². The third kappa shape index (κ3) is 2.77. The molecule has 0 amide bonds. The van der Waals surface area contributed by atoms with E-state index in [1.165, 1.54) is 5.56 Å². The first-order valence-corrected chi connectivity index (χ1v) is 6.05. The second-order valence-electron chi connectivity index (χ2n) is 4.29. The number of benzene rings is 1. The third-order valence-corrected chi connectivity index (χ3v) is 2.77. The number of hydrogen-bond acceptors (Lipinski definition) is 4. The lowest BCUT2D eigenvalue weighted by Gasteiger charge is -2.13. The van der Waals surface area contributed by atoms with Crippen molar-refractivity contribution in [2.24, 2.45) is 0 Å². The van der Waals surface area contributed by atoms with Crippen molar-refractivity contribution < 1.29 is 0 Å². The fourth-order valence-corrected chi connectivity index (χ4v) is 1.75. The van der Waals surface area contributed by atoms with Crippen LogP contribution in [0.5, 0.6) is 0 Å². The first-order chi connectivity index (χ1) is 8.70. The van der Waals surface area contributed by atoms with Crippen molar-refractivity contribution >= 4 is 17.3 Å². The topological polar surface area (TPSA) is 41.0 Å². The molecule has 0 aliphatic carbocycles. The molecule has 0 atom stereocenters. The van der Waals surface area contributed by atoms with E-state index < -0.39 is 0 Å². The minimum atomic E-state index is 0.814. The summed E-state index contributed by atoms with van der Waals surface area (Å²) >= 11 is 0. The number of nitrogens with one attached hydrogen (secondary N) is 1. The Hall–Kier alpha value is -2.10. The van der Waals surface area contributed by atoms with Gasteiger partial charge < -0.3 is 10.2 Å². The Labute approximate surface area is 108 Å². The van der Waals surface area contributed by atoms with Gasteiger partial charge in [0.1, 0.15) is 18.0 Å². The fraction of sp³-hybridized carbons (Fsp3) is 0.286. The highest BCUT2D eigenvalue weighted by Gasteiger charge is 2.03. The van der Waals surface area contributed by atoms with E-state index in [1.54, 1.807) is 6.33 Å². The summed E-state index contributed by atoms with van der Waals surface area (Å²) in [4.78, 5) is 10.4. The van der Waals surface area contributed by atoms with Gasteiger partial charge in [0, 0.05) is 25.8 Å². The average Bonchev–Trinajstić information content (AvgIpc) is 2.39. The van der Waals surface area contributed by atoms with Crippen LogP contribution in [0.4, 0.5) is 17.3 Å². The first kappa shape index (κ1) is 12.4. The van der Waals surface area contributed by atoms with Gasteiger partial charge in [0.2, 0.25) is 0 Å². The van der Waals surface area contributed by atoms with Crippen molar-refractivity contribution in [1.82, 2.24) is 9.97 Å². The molecule has 4 nitrogen and oxygen atoms in total. The summed E-state index contributed by atoms with van der Waals surface area (Å²) in [5, 5.41) is 3.34. The van der Waals surface area contributed by atoms with Crippen molar-refractivity contribution in [2.75, 3.05) is 24.3 Å². The summed E-state index contributed by atoms with van der Waals surface area (Å²) in [6.07, 6.45) is 2.57. The molecule has 1 aromatic carbocycles. The first-order valence-electron chi connectivity index (χ1n) is 6.05. The SMILES string of the molecule is CCc1ccccc1Nc1cc(N(C)C)ncn1. The molecular formula is C14H18N4. The second kappa shape index (κ2) is 5.49. The highest BCUT2D eigenvalue weighted by atomic mass is 15.2. The van der Waals surface area contributed by atoms with Crippen LogP contribution in [0.2, 0.25) is 0 Å². The van der Waals surface area contributed by atoms with Crippen molar-refractivity contribution in [3.63, 3.8) is 0 Å². The van der Waals surface area contributed by atoms with Crippen molar-refractivity contribution in [3.8, 4) is 0 Å². The number of aryl methyl sites for hydroxylation is 1. The van der Waals surface area contributed by atoms with E-state index in [9.17, 15) is 0 Å². The van der Waals surface area contributed by atoms with Gasteiger partial charge in [0.05, 0.1) is 0 Å². The van der Waals surface area contributed by atoms with E-state index in [0.717, 1.165) is 23.7 Å². The molecule has 1 aromatic heterocycles. The molecule has 94 valence electrons. The molecule has 0 saturated carbocycles. The van der Waals surface area contributed by atoms with Gasteiger partial charge >= 0.3 is 0 Å². The van der Waals surface area contributed by atoms with E-state index >= 15 is 0 Å². The van der Waals surface area contributed by atoms with Gasteiger partial charge in [0.25, 0.3) is 0 Å². The minimum Gasteiger partial charge on any atom is -0.363 e. The monoisotopic (exact) mass is 242 g/mol. The molecule has 0 bridgehead atoms. The van der Waals surface area contributed by atoms with E-state index in [1.807, 2.05) is 31.1 Å². The van der Waals surface area contributed by atoms with Gasteiger partial charge in [0.15, 0.2) is 0 Å². The minimum absolute atomic E-state index is 0.814. The molecule has 0 spiro atoms. The lowest BCUT2D eigenvalue weighted by Crippen LogP contribution is -2.11. The van der Waals surface area contributed by atoms with Crippen LogP contribution in [-0.2, 0) is 6.42 Å². The van der Waals surface area contributed by atoms with Crippen LogP contribution >= 0.6 is 0 Å². The molecule has 1 heterocycles. The summed E-state index contributed by atoms with van der Waals surface area (Å²) < 4.78 is 0. The van der Waals surface area contributed by atoms with Crippen molar-refractivity contribution in [3.05, 3.63) is 42.2 Å². The Morgan fingerprint density at radius 3 is 2.67 bits per heavy atom. The van der Waals surface area contributed by atoms with E-state index in [-0.39, 0.29) is 0 Å². The largest absolute Gasteiger partial charge is 0.363 e. The molecule has 1 N–H and O–H groups in total. The predicted molar refractivity (Wildman–Crippen MR) is 75.5 cm³/mol. The maximum absolute atomic E-state index is 4.24. The van der Waals surface area contributed by atoms with Crippen LogP contribution in [0, 0.1) is 0 Å². The fourth-order valence-electron chi connectivity index (χ4n) is 1.75. The zero-order valence-corrected chi connectivity index (χ0v) is 11.0. The number of aromatic nitrogens is 2. The van der Waals surface area contributed by atoms with E-state index in [4.69, 9.17) is 0 Å². The Morgan fingerprint density at radius 1 is 1.17 bits per heavy atom. The summed E-state index contributed by atoms with van der Waals surface area (Å²) in [5.74, 6) is 1.70. The second-order valence-corrected chi connectivity index (χ2v) is 4.29. The lowest BCUT2D eigenvalue weighted by atomic mass is 10.1. The molecule has 4 heteroatoms. The molecule has 0 aliphatic heterocycles. The molecule has 2 aromatic rings. The molecule has 2 rings (SSSR count). The average molecular weight is 242 g/mol. The van der Waals surface area contributed by atoms with Gasteiger partial charge in [-0.15, -0.1) is 0 Å². The van der Waals surface area contributed by atoms with Crippen LogP contribution in [0.15, 0.2) is 36.7 Å². The van der Waals surface area contributed by atoms with Crippen LogP contribution in [-0.4, -0.2) is 24.1 Å². The quantitative estimate of drug-likeness (QED) is 0.895. The normalized spacial score (nSPS) is 10.2. The van der Waals surface area contributed by atoms with Crippen molar-refractivity contribution in [1.29, 1.82) is 0 Å². The standard InChI is InChI=1S/C14H18N4/c1-4-11-7-5-6-8-12(11)17-13-9-14(18(2)3)16-10-15-13/h5-10H,4H2,1-3H3,(H,15,16,17). The Balaban J connectivity index is 2.25. The van der Waals surface area contributed by atoms with Gasteiger partial charge in [-0.3, -0.25) is 0 Å². The number of anilines is 3. The number of para-hydroxylation sites is 1. The van der Waals surface area contributed by atoms with Gasteiger partial charge in [-0.05, 0) is 18.1 Å². The Kier molecular flexibility index (Phi) is 3.77. The zero-order chi connectivity index (χ0) is 13.0. The predicted octanol–water partition coefficient (Wildman–Crippen LogP) is 2.85. The summed E-state index contributed by atoms with van der Waals surface area (Å²) in [5.41, 5.74) is 2.38. The van der Waals surface area contributed by atoms with E-state index in [2.05, 4.69) is 40.4 Å². The van der Waals surface area contributed by atoms with Crippen LogP contribution in [0.25, 0.3) is 0 Å². The molecule has 18 heavy (non-hydrogen) atoms. The van der Waals surface area contributed by atoms with Gasteiger partial charge in [-0.1, -0.05) is 25.1 Å². The highest BCUT2D eigenvalue weighted by molar-refractivity contribution is 5.62. The summed E-state index contributed by atoms with van der Waals surface area (Å²) in [6.45, 7) is 2.14. The zero-order valence-electron chi connectivity index (χ0n) is 11.0. The third-order valence-electron chi connectivity index (χ3n) is 2.77. The Bertz CT molecular complexity index is 523. The summed E-state index contributed by atoms with van der Waals surface area (Å²) in [7, 11) is 3.93. The van der Waals surface area contributed by atoms with Crippen LogP contribution in [0.1, 0.15) is 12.5 Å². The maximum atomic E-state index is 4.24. The van der Waals surface area contributed by atoms with Gasteiger partial charge in [-0.25, -0.2) is 9.97 Å². The lowest BCUT2D eigenvalue weighted by molar-refractivity contribution is 1.04. The molecular weight excluding hydrogens is 224 g/mol. The Morgan fingerprint density at radius 2 is 1.94 bits per heavy atom. The van der Waals surface area contributed by atoms with Crippen LogP contribution < -0.4 is 10.2 Å². The van der Waals surface area contributed by atoms with Crippen LogP contribution in [0.3, 0.4) is 0 Å². The maximum Gasteiger partial charge on any atom is 0.135 e. The molecule has 0 unspecified atom stereocenters. The summed E-state index contributed by atoms with van der Waals surface area (Å²) in [6, 6.07) is 10.2. The molecule has 0 aliphatic rings. The number of hydrogen-bond donors (Lipinski definition) is 1. The van der Waals surface area contributed by atoms with Crippen molar-refractivity contribution in [2.45, 2.75) is 13.3 Å². The molecule has 0 saturated heterocycles. The molecule has 0 fully saturated rings.